The second-order valence-electron chi connectivity index (χ2n) is 4.08. The first-order valence-electron chi connectivity index (χ1n) is 5.86. The maximum atomic E-state index is 5.02. The lowest BCUT2D eigenvalue weighted by atomic mass is 10.2. The molecule has 0 N–H and O–H groups in total. The zero-order chi connectivity index (χ0) is 12.8. The van der Waals surface area contributed by atoms with E-state index >= 15 is 0 Å². The molecule has 0 saturated heterocycles. The Hall–Kier alpha value is -1.46. The summed E-state index contributed by atoms with van der Waals surface area (Å²) in [6.07, 6.45) is 0.770. The molecule has 0 aliphatic rings. The summed E-state index contributed by atoms with van der Waals surface area (Å²) in [6.45, 7) is 1.51. The van der Waals surface area contributed by atoms with Gasteiger partial charge in [-0.15, -0.1) is 0 Å². The molecule has 0 spiro atoms. The number of methoxy groups -OCH3 is 1. The first kappa shape index (κ1) is 13.0. The summed E-state index contributed by atoms with van der Waals surface area (Å²) < 4.78 is 9.35. The van der Waals surface area contributed by atoms with Gasteiger partial charge in [0.15, 0.2) is 0 Å². The van der Waals surface area contributed by atoms with Crippen molar-refractivity contribution < 1.29 is 4.74 Å². The minimum absolute atomic E-state index is 0.665. The maximum Gasteiger partial charge on any atom is 0.205 e. The normalized spacial score (nSPS) is 10.6. The quantitative estimate of drug-likeness (QED) is 0.802. The average molecular weight is 263 g/mol. The maximum absolute atomic E-state index is 5.02. The van der Waals surface area contributed by atoms with Gasteiger partial charge in [0.05, 0.1) is 6.61 Å². The number of rotatable bonds is 6. The van der Waals surface area contributed by atoms with Crippen LogP contribution in [0, 0.1) is 0 Å². The summed E-state index contributed by atoms with van der Waals surface area (Å²) in [7, 11) is 3.72. The van der Waals surface area contributed by atoms with E-state index in [0.717, 1.165) is 23.9 Å². The van der Waals surface area contributed by atoms with Crippen LogP contribution in [0.2, 0.25) is 0 Å². The van der Waals surface area contributed by atoms with Gasteiger partial charge in [-0.2, -0.15) is 4.37 Å². The summed E-state index contributed by atoms with van der Waals surface area (Å²) in [4.78, 5) is 6.61. The fraction of sp³-hybridized carbons (Fsp3) is 0.385. The van der Waals surface area contributed by atoms with Crippen molar-refractivity contribution in [3.63, 3.8) is 0 Å². The highest BCUT2D eigenvalue weighted by Crippen LogP contribution is 2.18. The molecule has 5 heteroatoms. The smallest absolute Gasteiger partial charge is 0.205 e. The average Bonchev–Trinajstić information content (AvgIpc) is 2.86. The molecule has 4 nitrogen and oxygen atoms in total. The predicted octanol–water partition coefficient (Wildman–Crippen LogP) is 2.36. The van der Waals surface area contributed by atoms with Crippen LogP contribution < -0.4 is 4.90 Å². The predicted molar refractivity (Wildman–Crippen MR) is 74.0 cm³/mol. The lowest BCUT2D eigenvalue weighted by Gasteiger charge is -2.14. The van der Waals surface area contributed by atoms with Gasteiger partial charge in [-0.25, -0.2) is 4.98 Å². The fourth-order valence-corrected chi connectivity index (χ4v) is 2.29. The Labute approximate surface area is 111 Å². The molecule has 0 aliphatic heterocycles. The fourth-order valence-electron chi connectivity index (χ4n) is 1.62. The third kappa shape index (κ3) is 3.51. The topological polar surface area (TPSA) is 38.2 Å². The van der Waals surface area contributed by atoms with E-state index in [0.29, 0.717) is 6.61 Å². The van der Waals surface area contributed by atoms with Crippen molar-refractivity contribution in [3.05, 3.63) is 41.7 Å². The second kappa shape index (κ2) is 6.47. The number of benzene rings is 1. The molecule has 0 radical (unpaired) electrons. The Balaban J connectivity index is 1.96. The lowest BCUT2D eigenvalue weighted by molar-refractivity contribution is 0.201. The van der Waals surface area contributed by atoms with Crippen molar-refractivity contribution in [3.8, 4) is 0 Å². The molecule has 0 unspecified atom stereocenters. The van der Waals surface area contributed by atoms with Gasteiger partial charge in [0.2, 0.25) is 5.13 Å². The van der Waals surface area contributed by atoms with E-state index in [4.69, 9.17) is 4.74 Å². The molecule has 1 aromatic carbocycles. The third-order valence-corrected chi connectivity index (χ3v) is 3.44. The monoisotopic (exact) mass is 263 g/mol. The SMILES string of the molecule is COCCc1nsc(N(C)Cc2ccccc2)n1. The van der Waals surface area contributed by atoms with Crippen molar-refractivity contribution in [2.75, 3.05) is 25.7 Å². The Morgan fingerprint density at radius 2 is 2.06 bits per heavy atom. The van der Waals surface area contributed by atoms with Crippen LogP contribution in [-0.2, 0) is 17.7 Å². The molecule has 1 heterocycles. The molecule has 0 aliphatic carbocycles. The van der Waals surface area contributed by atoms with Gasteiger partial charge >= 0.3 is 0 Å². The van der Waals surface area contributed by atoms with Crippen LogP contribution in [-0.4, -0.2) is 30.1 Å². The van der Waals surface area contributed by atoms with Crippen LogP contribution in [0.5, 0.6) is 0 Å². The van der Waals surface area contributed by atoms with E-state index in [1.54, 1.807) is 7.11 Å². The van der Waals surface area contributed by atoms with Crippen molar-refractivity contribution in [2.45, 2.75) is 13.0 Å². The number of nitrogens with zero attached hydrogens (tertiary/aromatic N) is 3. The van der Waals surface area contributed by atoms with Crippen LogP contribution in [0.4, 0.5) is 5.13 Å². The summed E-state index contributed by atoms with van der Waals surface area (Å²) >= 11 is 1.44. The molecule has 0 saturated carbocycles. The zero-order valence-corrected chi connectivity index (χ0v) is 11.5. The van der Waals surface area contributed by atoms with E-state index in [2.05, 4.69) is 26.4 Å². The van der Waals surface area contributed by atoms with Crippen LogP contribution >= 0.6 is 11.5 Å². The van der Waals surface area contributed by atoms with E-state index in [9.17, 15) is 0 Å². The minimum atomic E-state index is 0.665. The molecular formula is C13H17N3OS. The Bertz CT molecular complexity index is 472. The number of hydrogen-bond donors (Lipinski definition) is 0. The van der Waals surface area contributed by atoms with Crippen molar-refractivity contribution in [1.82, 2.24) is 9.36 Å². The molecule has 2 rings (SSSR count). The van der Waals surface area contributed by atoms with Gasteiger partial charge in [0.25, 0.3) is 0 Å². The molecule has 1 aromatic heterocycles. The van der Waals surface area contributed by atoms with Gasteiger partial charge in [0, 0.05) is 38.7 Å². The highest BCUT2D eigenvalue weighted by atomic mass is 32.1. The molecular weight excluding hydrogens is 246 g/mol. The van der Waals surface area contributed by atoms with E-state index in [-0.39, 0.29) is 0 Å². The van der Waals surface area contributed by atoms with Crippen LogP contribution in [0.1, 0.15) is 11.4 Å². The summed E-state index contributed by atoms with van der Waals surface area (Å²) in [6, 6.07) is 10.4. The number of anilines is 1. The second-order valence-corrected chi connectivity index (χ2v) is 4.81. The van der Waals surface area contributed by atoms with Crippen LogP contribution in [0.25, 0.3) is 0 Å². The lowest BCUT2D eigenvalue weighted by Crippen LogP contribution is -2.16. The van der Waals surface area contributed by atoms with Crippen LogP contribution in [0.3, 0.4) is 0 Å². The molecule has 0 fully saturated rings. The van der Waals surface area contributed by atoms with E-state index in [1.807, 2.05) is 25.2 Å². The first-order chi connectivity index (χ1) is 8.79. The molecule has 0 amide bonds. The minimum Gasteiger partial charge on any atom is -0.384 e. The third-order valence-electron chi connectivity index (χ3n) is 2.58. The van der Waals surface area contributed by atoms with Crippen molar-refractivity contribution in [1.29, 1.82) is 0 Å². The Morgan fingerprint density at radius 1 is 1.28 bits per heavy atom. The van der Waals surface area contributed by atoms with Crippen LogP contribution in [0.15, 0.2) is 30.3 Å². The summed E-state index contributed by atoms with van der Waals surface area (Å²) in [5.41, 5.74) is 1.27. The van der Waals surface area contributed by atoms with Gasteiger partial charge in [0.1, 0.15) is 5.82 Å². The molecule has 96 valence electrons. The van der Waals surface area contributed by atoms with E-state index < -0.39 is 0 Å². The number of aromatic nitrogens is 2. The van der Waals surface area contributed by atoms with Gasteiger partial charge < -0.3 is 9.64 Å². The zero-order valence-electron chi connectivity index (χ0n) is 10.7. The van der Waals surface area contributed by atoms with E-state index in [1.165, 1.54) is 17.1 Å². The Kier molecular flexibility index (Phi) is 4.66. The molecule has 18 heavy (non-hydrogen) atoms. The number of ether oxygens (including phenoxy) is 1. The molecule has 2 aromatic rings. The summed E-state index contributed by atoms with van der Waals surface area (Å²) in [5.74, 6) is 0.858. The largest absolute Gasteiger partial charge is 0.384 e. The van der Waals surface area contributed by atoms with Gasteiger partial charge in [-0.3, -0.25) is 0 Å². The molecule has 0 bridgehead atoms. The number of hydrogen-bond acceptors (Lipinski definition) is 5. The van der Waals surface area contributed by atoms with Crippen molar-refractivity contribution >= 4 is 16.7 Å². The first-order valence-corrected chi connectivity index (χ1v) is 6.63. The Morgan fingerprint density at radius 3 is 2.78 bits per heavy atom. The van der Waals surface area contributed by atoms with Gasteiger partial charge in [-0.05, 0) is 5.56 Å². The van der Waals surface area contributed by atoms with Crippen molar-refractivity contribution in [2.24, 2.45) is 0 Å². The highest BCUT2D eigenvalue weighted by Gasteiger charge is 2.08. The molecule has 0 atom stereocenters. The standard InChI is InChI=1S/C13H17N3OS/c1-16(10-11-6-4-3-5-7-11)13-14-12(15-18-13)8-9-17-2/h3-7H,8-10H2,1-2H3. The summed E-state index contributed by atoms with van der Waals surface area (Å²) in [5, 5.41) is 0.949. The highest BCUT2D eigenvalue weighted by molar-refractivity contribution is 7.09. The van der Waals surface area contributed by atoms with Gasteiger partial charge in [-0.1, -0.05) is 30.3 Å².